The second kappa shape index (κ2) is 6.58. The van der Waals surface area contributed by atoms with Crippen LogP contribution >= 0.6 is 11.3 Å². The first-order valence-electron chi connectivity index (χ1n) is 6.35. The lowest BCUT2D eigenvalue weighted by Crippen LogP contribution is -2.50. The smallest absolute Gasteiger partial charge is 0.265 e. The van der Waals surface area contributed by atoms with E-state index in [1.165, 1.54) is 21.9 Å². The summed E-state index contributed by atoms with van der Waals surface area (Å²) in [5.74, 6) is 5.14. The molecule has 1 fully saturated rings. The Morgan fingerprint density at radius 2 is 2.05 bits per heavy atom. The first-order valence-corrected chi connectivity index (χ1v) is 9.08. The summed E-state index contributed by atoms with van der Waals surface area (Å²) in [4.78, 5) is 14.6. The maximum atomic E-state index is 12.4. The van der Waals surface area contributed by atoms with E-state index >= 15 is 0 Å². The van der Waals surface area contributed by atoms with Crippen LogP contribution in [-0.2, 0) is 10.0 Å². The maximum Gasteiger partial charge on any atom is 0.265 e. The zero-order valence-corrected chi connectivity index (χ0v) is 13.2. The van der Waals surface area contributed by atoms with Crippen LogP contribution in [0.1, 0.15) is 15.2 Å². The van der Waals surface area contributed by atoms with Gasteiger partial charge < -0.3 is 10.0 Å². The number of carbonyl (C=O) groups excluding carboxylic acids is 1. The van der Waals surface area contributed by atoms with Crippen molar-refractivity contribution in [2.24, 2.45) is 0 Å². The molecular weight excluding hydrogens is 312 g/mol. The molecule has 0 radical (unpaired) electrons. The largest absolute Gasteiger partial charge is 0.384 e. The van der Waals surface area contributed by atoms with E-state index in [4.69, 9.17) is 5.11 Å². The molecule has 8 heteroatoms. The van der Waals surface area contributed by atoms with Crippen molar-refractivity contribution in [2.75, 3.05) is 39.0 Å². The molecule has 0 aromatic carbocycles. The van der Waals surface area contributed by atoms with E-state index in [9.17, 15) is 13.2 Å². The van der Waals surface area contributed by atoms with E-state index in [-0.39, 0.29) is 12.5 Å². The van der Waals surface area contributed by atoms with Crippen LogP contribution in [0.15, 0.2) is 11.4 Å². The van der Waals surface area contributed by atoms with Crippen LogP contribution in [0.5, 0.6) is 0 Å². The molecule has 0 bridgehead atoms. The second-order valence-corrected chi connectivity index (χ2v) is 7.48. The Morgan fingerprint density at radius 1 is 1.38 bits per heavy atom. The molecule has 0 atom stereocenters. The molecular formula is C13H16N2O4S2. The molecule has 6 nitrogen and oxygen atoms in total. The van der Waals surface area contributed by atoms with E-state index in [2.05, 4.69) is 11.8 Å². The van der Waals surface area contributed by atoms with Gasteiger partial charge in [0.2, 0.25) is 10.0 Å². The minimum Gasteiger partial charge on any atom is -0.384 e. The van der Waals surface area contributed by atoms with Gasteiger partial charge in [0.15, 0.2) is 0 Å². The first kappa shape index (κ1) is 16.0. The molecule has 21 heavy (non-hydrogen) atoms. The molecule has 1 saturated heterocycles. The molecule has 1 aromatic heterocycles. The highest BCUT2D eigenvalue weighted by atomic mass is 32.2. The molecule has 1 aliphatic rings. The van der Waals surface area contributed by atoms with Crippen LogP contribution in [-0.4, -0.2) is 67.7 Å². The predicted octanol–water partition coefficient (Wildman–Crippen LogP) is -0.191. The average Bonchev–Trinajstić information content (AvgIpc) is 2.92. The Labute approximate surface area is 128 Å². The van der Waals surface area contributed by atoms with E-state index in [0.29, 0.717) is 36.6 Å². The lowest BCUT2D eigenvalue weighted by molar-refractivity contribution is 0.0703. The number of nitrogens with zero attached hydrogens (tertiary/aromatic N) is 2. The number of piperazine rings is 1. The van der Waals surface area contributed by atoms with Gasteiger partial charge in [0, 0.05) is 31.7 Å². The van der Waals surface area contributed by atoms with E-state index < -0.39 is 10.0 Å². The van der Waals surface area contributed by atoms with E-state index in [1.54, 1.807) is 16.3 Å². The summed E-state index contributed by atoms with van der Waals surface area (Å²) in [6, 6.07) is 1.74. The van der Waals surface area contributed by atoms with Crippen molar-refractivity contribution in [3.05, 3.63) is 21.9 Å². The van der Waals surface area contributed by atoms with Crippen molar-refractivity contribution >= 4 is 27.3 Å². The van der Waals surface area contributed by atoms with Crippen LogP contribution in [0, 0.1) is 11.8 Å². The van der Waals surface area contributed by atoms with Gasteiger partial charge in [0.05, 0.1) is 6.26 Å². The Kier molecular flexibility index (Phi) is 5.00. The van der Waals surface area contributed by atoms with Gasteiger partial charge in [-0.1, -0.05) is 11.8 Å². The zero-order chi connectivity index (χ0) is 15.5. The number of sulfonamides is 1. The van der Waals surface area contributed by atoms with Gasteiger partial charge in [-0.3, -0.25) is 4.79 Å². The van der Waals surface area contributed by atoms with Crippen LogP contribution in [0.4, 0.5) is 0 Å². The fourth-order valence-corrected chi connectivity index (χ4v) is 3.72. The summed E-state index contributed by atoms with van der Waals surface area (Å²) in [6.45, 7) is 1.12. The van der Waals surface area contributed by atoms with E-state index in [1.807, 2.05) is 0 Å². The van der Waals surface area contributed by atoms with Crippen molar-refractivity contribution in [3.63, 3.8) is 0 Å². The zero-order valence-electron chi connectivity index (χ0n) is 11.6. The van der Waals surface area contributed by atoms with Gasteiger partial charge in [-0.25, -0.2) is 8.42 Å². The minimum absolute atomic E-state index is 0.139. The summed E-state index contributed by atoms with van der Waals surface area (Å²) < 4.78 is 24.3. The average molecular weight is 328 g/mol. The van der Waals surface area contributed by atoms with Crippen LogP contribution in [0.2, 0.25) is 0 Å². The lowest BCUT2D eigenvalue weighted by Gasteiger charge is -2.33. The topological polar surface area (TPSA) is 77.9 Å². The summed E-state index contributed by atoms with van der Waals surface area (Å²) in [6.07, 6.45) is 1.17. The number of hydrogen-bond acceptors (Lipinski definition) is 5. The number of rotatable bonds is 2. The van der Waals surface area contributed by atoms with Crippen LogP contribution in [0.25, 0.3) is 0 Å². The van der Waals surface area contributed by atoms with E-state index in [0.717, 1.165) is 0 Å². The predicted molar refractivity (Wildman–Crippen MR) is 80.6 cm³/mol. The molecule has 1 N–H and O–H groups in total. The molecule has 2 heterocycles. The lowest BCUT2D eigenvalue weighted by atomic mass is 10.2. The molecule has 2 rings (SSSR count). The molecule has 1 amide bonds. The van der Waals surface area contributed by atoms with Crippen LogP contribution < -0.4 is 0 Å². The van der Waals surface area contributed by atoms with Crippen molar-refractivity contribution in [2.45, 2.75) is 0 Å². The fourth-order valence-electron chi connectivity index (χ4n) is 2.07. The van der Waals surface area contributed by atoms with Crippen molar-refractivity contribution < 1.29 is 18.3 Å². The number of amides is 1. The highest BCUT2D eigenvalue weighted by Crippen LogP contribution is 2.19. The van der Waals surface area contributed by atoms with Gasteiger partial charge >= 0.3 is 0 Å². The summed E-state index contributed by atoms with van der Waals surface area (Å²) in [5.41, 5.74) is 0.601. The number of aliphatic hydroxyl groups is 1. The third-order valence-corrected chi connectivity index (χ3v) is 5.36. The molecule has 0 aliphatic carbocycles. The first-order chi connectivity index (χ1) is 9.93. The number of carbonyl (C=O) groups is 1. The standard InChI is InChI=1S/C13H16N2O4S2/c1-21(18,19)15-7-5-14(6-8-15)13(17)12-11(3-2-9-16)4-10-20-12/h4,10,16H,5-9H2,1H3. The number of hydrogen-bond donors (Lipinski definition) is 1. The van der Waals surface area contributed by atoms with Crippen LogP contribution in [0.3, 0.4) is 0 Å². The molecule has 0 unspecified atom stereocenters. The minimum atomic E-state index is -3.20. The maximum absolute atomic E-state index is 12.4. The van der Waals surface area contributed by atoms with Crippen molar-refractivity contribution in [3.8, 4) is 11.8 Å². The summed E-state index contributed by atoms with van der Waals surface area (Å²) >= 11 is 1.30. The van der Waals surface area contributed by atoms with Gasteiger partial charge in [-0.05, 0) is 11.4 Å². The van der Waals surface area contributed by atoms with Gasteiger partial charge in [0.25, 0.3) is 5.91 Å². The SMILES string of the molecule is CS(=O)(=O)N1CCN(C(=O)c2sccc2C#CCO)CC1. The quantitative estimate of drug-likeness (QED) is 0.763. The number of thiophene rings is 1. The molecule has 114 valence electrons. The highest BCUT2D eigenvalue weighted by molar-refractivity contribution is 7.88. The Morgan fingerprint density at radius 3 is 2.62 bits per heavy atom. The molecule has 1 aromatic rings. The normalized spacial score (nSPS) is 16.4. The second-order valence-electron chi connectivity index (χ2n) is 4.58. The number of aliphatic hydroxyl groups excluding tert-OH is 1. The van der Waals surface area contributed by atoms with Crippen molar-refractivity contribution in [1.82, 2.24) is 9.21 Å². The van der Waals surface area contributed by atoms with Gasteiger partial charge in [-0.2, -0.15) is 4.31 Å². The van der Waals surface area contributed by atoms with Gasteiger partial charge in [-0.15, -0.1) is 11.3 Å². The third kappa shape index (κ3) is 3.83. The molecule has 0 spiro atoms. The fraction of sp³-hybridized carbons (Fsp3) is 0.462. The van der Waals surface area contributed by atoms with Gasteiger partial charge in [0.1, 0.15) is 11.5 Å². The highest BCUT2D eigenvalue weighted by Gasteiger charge is 2.27. The molecule has 0 saturated carbocycles. The summed E-state index contributed by atoms with van der Waals surface area (Å²) in [7, 11) is -3.20. The molecule has 1 aliphatic heterocycles. The monoisotopic (exact) mass is 328 g/mol. The Balaban J connectivity index is 2.08. The summed E-state index contributed by atoms with van der Waals surface area (Å²) in [5, 5.41) is 10.5. The third-order valence-electron chi connectivity index (χ3n) is 3.16. The van der Waals surface area contributed by atoms with Crippen molar-refractivity contribution in [1.29, 1.82) is 0 Å². The Bertz CT molecular complexity index is 677. The Hall–Kier alpha value is -1.40.